The normalized spacial score (nSPS) is 43.6. The minimum absolute atomic E-state index is 0.0615. The summed E-state index contributed by atoms with van der Waals surface area (Å²) in [5, 5.41) is 0. The zero-order chi connectivity index (χ0) is 13.7. The molecule has 2 aliphatic heterocycles. The molecule has 3 unspecified atom stereocenters. The number of fused-ring (bicyclic) bond motifs is 1. The number of likely N-dealkylation sites (N-methyl/N-ethyl adjacent to an activating group) is 1. The Morgan fingerprint density at radius 1 is 1.21 bits per heavy atom. The topological polar surface area (TPSA) is 41.7 Å². The van der Waals surface area contributed by atoms with Gasteiger partial charge in [0.1, 0.15) is 0 Å². The number of hydrogen-bond donors (Lipinski definition) is 1. The Hall–Kier alpha value is -0.160. The summed E-state index contributed by atoms with van der Waals surface area (Å²) in [6.07, 6.45) is 2.82. The van der Waals surface area contributed by atoms with E-state index in [1.54, 1.807) is 0 Å². The highest BCUT2D eigenvalue weighted by atomic mass is 16.5. The molecule has 3 fully saturated rings. The van der Waals surface area contributed by atoms with Crippen LogP contribution < -0.4 is 5.73 Å². The van der Waals surface area contributed by atoms with Gasteiger partial charge in [0.2, 0.25) is 0 Å². The lowest BCUT2D eigenvalue weighted by Crippen LogP contribution is -2.80. The molecule has 1 aliphatic carbocycles. The van der Waals surface area contributed by atoms with Gasteiger partial charge < -0.3 is 15.4 Å². The lowest BCUT2D eigenvalue weighted by molar-refractivity contribution is -0.232. The van der Waals surface area contributed by atoms with Crippen molar-refractivity contribution in [1.82, 2.24) is 9.80 Å². The fourth-order valence-corrected chi connectivity index (χ4v) is 4.36. The standard InChI is InChI=1S/C15H29N3O/c1-14(2)13-12(5-4-10-19-13)15(14,16)11-18-8-6-17(3)7-9-18/h12-13H,4-11,16H2,1-3H3. The van der Waals surface area contributed by atoms with E-state index in [1.165, 1.54) is 25.9 Å². The Labute approximate surface area is 117 Å². The second kappa shape index (κ2) is 4.69. The molecule has 4 nitrogen and oxygen atoms in total. The van der Waals surface area contributed by atoms with Gasteiger partial charge >= 0.3 is 0 Å². The Kier molecular flexibility index (Phi) is 3.41. The fourth-order valence-electron chi connectivity index (χ4n) is 4.36. The van der Waals surface area contributed by atoms with E-state index in [1.807, 2.05) is 0 Å². The van der Waals surface area contributed by atoms with Gasteiger partial charge in [-0.15, -0.1) is 0 Å². The molecule has 4 heteroatoms. The van der Waals surface area contributed by atoms with Gasteiger partial charge in [-0.3, -0.25) is 4.90 Å². The molecule has 0 spiro atoms. The third-order valence-electron chi connectivity index (χ3n) is 5.98. The Balaban J connectivity index is 1.68. The van der Waals surface area contributed by atoms with Crippen LogP contribution in [0.2, 0.25) is 0 Å². The molecular formula is C15H29N3O. The van der Waals surface area contributed by atoms with Gasteiger partial charge in [-0.2, -0.15) is 0 Å². The first-order valence-electron chi connectivity index (χ1n) is 7.76. The molecule has 110 valence electrons. The second-order valence-corrected chi connectivity index (χ2v) is 7.38. The number of hydrogen-bond acceptors (Lipinski definition) is 4. The summed E-state index contributed by atoms with van der Waals surface area (Å²) in [6.45, 7) is 11.2. The van der Waals surface area contributed by atoms with E-state index < -0.39 is 0 Å². The highest BCUT2D eigenvalue weighted by molar-refractivity contribution is 5.20. The minimum atomic E-state index is -0.0615. The van der Waals surface area contributed by atoms with Crippen LogP contribution in [0.5, 0.6) is 0 Å². The summed E-state index contributed by atoms with van der Waals surface area (Å²) in [4.78, 5) is 4.96. The van der Waals surface area contributed by atoms with Crippen molar-refractivity contribution in [3.63, 3.8) is 0 Å². The molecular weight excluding hydrogens is 238 g/mol. The average Bonchev–Trinajstić information content (AvgIpc) is 2.41. The van der Waals surface area contributed by atoms with Crippen molar-refractivity contribution >= 4 is 0 Å². The van der Waals surface area contributed by atoms with E-state index >= 15 is 0 Å². The fraction of sp³-hybridized carbons (Fsp3) is 1.00. The van der Waals surface area contributed by atoms with Crippen LogP contribution in [0.3, 0.4) is 0 Å². The highest BCUT2D eigenvalue weighted by Gasteiger charge is 2.66. The van der Waals surface area contributed by atoms with Crippen molar-refractivity contribution in [1.29, 1.82) is 0 Å². The lowest BCUT2D eigenvalue weighted by Gasteiger charge is -2.67. The molecule has 19 heavy (non-hydrogen) atoms. The summed E-state index contributed by atoms with van der Waals surface area (Å²) in [5.41, 5.74) is 6.92. The summed E-state index contributed by atoms with van der Waals surface area (Å²) >= 11 is 0. The predicted molar refractivity (Wildman–Crippen MR) is 77.1 cm³/mol. The van der Waals surface area contributed by atoms with E-state index in [2.05, 4.69) is 30.7 Å². The first kappa shape index (κ1) is 13.8. The molecule has 2 N–H and O–H groups in total. The number of nitrogens with zero attached hydrogens (tertiary/aromatic N) is 2. The predicted octanol–water partition coefficient (Wildman–Crippen LogP) is 0.766. The molecule has 1 saturated carbocycles. The summed E-state index contributed by atoms with van der Waals surface area (Å²) in [5.74, 6) is 0.566. The van der Waals surface area contributed by atoms with Gasteiger partial charge in [-0.05, 0) is 19.9 Å². The van der Waals surface area contributed by atoms with Gasteiger partial charge in [-0.1, -0.05) is 13.8 Å². The average molecular weight is 267 g/mol. The van der Waals surface area contributed by atoms with Crippen LogP contribution in [-0.4, -0.2) is 67.8 Å². The minimum Gasteiger partial charge on any atom is -0.377 e. The van der Waals surface area contributed by atoms with Crippen molar-refractivity contribution in [2.24, 2.45) is 17.1 Å². The van der Waals surface area contributed by atoms with Crippen LogP contribution in [0.4, 0.5) is 0 Å². The van der Waals surface area contributed by atoms with Crippen LogP contribution in [0, 0.1) is 11.3 Å². The molecule has 0 aromatic rings. The molecule has 2 saturated heterocycles. The van der Waals surface area contributed by atoms with E-state index in [4.69, 9.17) is 10.5 Å². The van der Waals surface area contributed by atoms with Crippen LogP contribution in [0.15, 0.2) is 0 Å². The quantitative estimate of drug-likeness (QED) is 0.802. The SMILES string of the molecule is CN1CCN(CC2(N)C3CCCOC3C2(C)C)CC1. The Bertz CT molecular complexity index is 338. The zero-order valence-corrected chi connectivity index (χ0v) is 12.7. The smallest absolute Gasteiger partial charge is 0.0690 e. The lowest BCUT2D eigenvalue weighted by atomic mass is 9.46. The van der Waals surface area contributed by atoms with Gasteiger partial charge in [-0.25, -0.2) is 0 Å². The van der Waals surface area contributed by atoms with Crippen molar-refractivity contribution in [3.05, 3.63) is 0 Å². The largest absolute Gasteiger partial charge is 0.377 e. The van der Waals surface area contributed by atoms with Crippen LogP contribution >= 0.6 is 0 Å². The highest BCUT2D eigenvalue weighted by Crippen LogP contribution is 2.57. The zero-order valence-electron chi connectivity index (χ0n) is 12.7. The molecule has 3 atom stereocenters. The second-order valence-electron chi connectivity index (χ2n) is 7.38. The third-order valence-corrected chi connectivity index (χ3v) is 5.98. The molecule has 3 aliphatic rings. The summed E-state index contributed by atoms with van der Waals surface area (Å²) in [6, 6.07) is 0. The first-order chi connectivity index (χ1) is 8.95. The first-order valence-corrected chi connectivity index (χ1v) is 7.76. The molecule has 0 aromatic carbocycles. The number of piperazine rings is 1. The van der Waals surface area contributed by atoms with E-state index in [0.717, 1.165) is 26.2 Å². The van der Waals surface area contributed by atoms with Crippen molar-refractivity contribution in [2.45, 2.75) is 38.3 Å². The molecule has 2 heterocycles. The van der Waals surface area contributed by atoms with Gasteiger partial charge in [0.05, 0.1) is 6.10 Å². The summed E-state index contributed by atoms with van der Waals surface area (Å²) in [7, 11) is 2.20. The van der Waals surface area contributed by atoms with Crippen molar-refractivity contribution in [2.75, 3.05) is 46.4 Å². The maximum absolute atomic E-state index is 6.87. The van der Waals surface area contributed by atoms with Crippen molar-refractivity contribution < 1.29 is 4.74 Å². The monoisotopic (exact) mass is 267 g/mol. The molecule has 0 radical (unpaired) electrons. The number of rotatable bonds is 2. The molecule has 3 rings (SSSR count). The third kappa shape index (κ3) is 2.04. The van der Waals surface area contributed by atoms with E-state index in [9.17, 15) is 0 Å². The Morgan fingerprint density at radius 3 is 2.58 bits per heavy atom. The van der Waals surface area contributed by atoms with Crippen LogP contribution in [0.25, 0.3) is 0 Å². The summed E-state index contributed by atoms with van der Waals surface area (Å²) < 4.78 is 5.99. The maximum Gasteiger partial charge on any atom is 0.0690 e. The maximum atomic E-state index is 6.87. The van der Waals surface area contributed by atoms with Gasteiger partial charge in [0.25, 0.3) is 0 Å². The molecule has 0 bridgehead atoms. The van der Waals surface area contributed by atoms with Gasteiger partial charge in [0.15, 0.2) is 0 Å². The van der Waals surface area contributed by atoms with Gasteiger partial charge in [0, 0.05) is 56.2 Å². The number of nitrogens with two attached hydrogens (primary N) is 1. The van der Waals surface area contributed by atoms with E-state index in [0.29, 0.717) is 12.0 Å². The number of ether oxygens (including phenoxy) is 1. The Morgan fingerprint density at radius 2 is 1.89 bits per heavy atom. The molecule has 0 aromatic heterocycles. The van der Waals surface area contributed by atoms with Crippen LogP contribution in [-0.2, 0) is 4.74 Å². The molecule has 0 amide bonds. The van der Waals surface area contributed by atoms with Crippen molar-refractivity contribution in [3.8, 4) is 0 Å². The van der Waals surface area contributed by atoms with Crippen LogP contribution in [0.1, 0.15) is 26.7 Å². The van der Waals surface area contributed by atoms with E-state index in [-0.39, 0.29) is 11.0 Å².